The number of unbranched alkanes of at least 4 members (excludes halogenated alkanes) is 36. The first-order valence-corrected chi connectivity index (χ1v) is 35.9. The Morgan fingerprint density at radius 2 is 0.724 bits per heavy atom. The SMILES string of the molecule is CC/C=C\C/C=C\C/C=C\C/C=C\C/C=C\C/C=C\CCC(=O)OCC(COC1OC(C(=O)O)C(O)C(O)C1OC(=O)CCCCCCCCCCCCCCCCCCCCC)OC(=O)CCCCCCCCCCCCCCCCCCCCC. The van der Waals surface area contributed by atoms with Gasteiger partial charge in [0.05, 0.1) is 6.61 Å². The molecule has 1 aliphatic rings. The van der Waals surface area contributed by atoms with Crippen LogP contribution in [-0.2, 0) is 42.9 Å². The van der Waals surface area contributed by atoms with Gasteiger partial charge in [0.2, 0.25) is 0 Å². The van der Waals surface area contributed by atoms with Crippen LogP contribution < -0.4 is 0 Å². The van der Waals surface area contributed by atoms with Crippen molar-refractivity contribution in [3.63, 3.8) is 0 Å². The van der Waals surface area contributed by atoms with E-state index in [4.69, 9.17) is 23.7 Å². The Balaban J connectivity index is 2.66. The molecule has 1 saturated heterocycles. The topological polar surface area (TPSA) is 175 Å². The number of hydrogen-bond acceptors (Lipinski definition) is 11. The van der Waals surface area contributed by atoms with Gasteiger partial charge in [0, 0.05) is 19.3 Å². The molecule has 1 rings (SSSR count). The van der Waals surface area contributed by atoms with E-state index < -0.39 is 67.3 Å². The highest BCUT2D eigenvalue weighted by molar-refractivity contribution is 5.74. The molecule has 0 bridgehead atoms. The maximum Gasteiger partial charge on any atom is 0.335 e. The molecule has 6 atom stereocenters. The molecule has 0 aromatic rings. The lowest BCUT2D eigenvalue weighted by Crippen LogP contribution is -2.61. The number of esters is 3. The lowest BCUT2D eigenvalue weighted by Gasteiger charge is -2.40. The molecule has 12 nitrogen and oxygen atoms in total. The quantitative estimate of drug-likeness (QED) is 0.0228. The zero-order valence-corrected chi connectivity index (χ0v) is 55.8. The Kier molecular flexibility index (Phi) is 58.2. The molecule has 0 radical (unpaired) electrons. The standard InChI is InChI=1S/C75H130O12/c1-4-7-10-13-16-19-22-25-28-31-34-37-40-43-46-49-52-55-58-61-67(76)83-64-66(85-68(77)62-59-56-53-50-47-44-41-38-35-32-29-26-23-20-17-14-11-8-5-2)65-84-75-73(71(80)70(79)72(87-75)74(81)82)86-69(78)63-60-57-54-51-48-45-42-39-36-33-30-27-24-21-18-15-12-9-6-3/h7,10,16,19,25,28,34,37,43,46,52,55,66,70-73,75,79-80H,4-6,8-9,11-15,17-18,20-24,26-27,29-33,35-36,38-42,44-45,47-51,53-54,56-65H2,1-3H3,(H,81,82)/b10-7-,19-16-,28-25-,37-34-,46-43-,55-52-. The minimum atomic E-state index is -1.91. The van der Waals surface area contributed by atoms with Crippen molar-refractivity contribution >= 4 is 23.9 Å². The molecule has 0 saturated carbocycles. The molecular formula is C75H130O12. The third-order valence-electron chi connectivity index (χ3n) is 16.3. The summed E-state index contributed by atoms with van der Waals surface area (Å²) in [6.07, 6.45) is 68.7. The van der Waals surface area contributed by atoms with Crippen LogP contribution in [0.5, 0.6) is 0 Å². The van der Waals surface area contributed by atoms with Crippen LogP contribution in [0.4, 0.5) is 0 Å². The van der Waals surface area contributed by atoms with Gasteiger partial charge in [-0.05, 0) is 57.8 Å². The number of ether oxygens (including phenoxy) is 5. The Morgan fingerprint density at radius 1 is 0.391 bits per heavy atom. The summed E-state index contributed by atoms with van der Waals surface area (Å²) in [4.78, 5) is 51.5. The first kappa shape index (κ1) is 81.2. The number of carboxylic acid groups (broad SMARTS) is 1. The van der Waals surface area contributed by atoms with E-state index in [1.165, 1.54) is 186 Å². The van der Waals surface area contributed by atoms with E-state index in [-0.39, 0.29) is 25.9 Å². The van der Waals surface area contributed by atoms with Gasteiger partial charge < -0.3 is 39.0 Å². The van der Waals surface area contributed by atoms with Crippen molar-refractivity contribution in [3.8, 4) is 0 Å². The second-order valence-corrected chi connectivity index (χ2v) is 24.5. The number of aliphatic hydroxyl groups excluding tert-OH is 2. The Hall–Kier alpha value is -3.84. The highest BCUT2D eigenvalue weighted by Crippen LogP contribution is 2.27. The van der Waals surface area contributed by atoms with E-state index >= 15 is 0 Å². The maximum absolute atomic E-state index is 13.3. The van der Waals surface area contributed by atoms with Crippen LogP contribution in [-0.4, -0.2) is 89.2 Å². The van der Waals surface area contributed by atoms with Gasteiger partial charge in [-0.2, -0.15) is 0 Å². The van der Waals surface area contributed by atoms with Gasteiger partial charge in [-0.3, -0.25) is 14.4 Å². The largest absolute Gasteiger partial charge is 0.479 e. The van der Waals surface area contributed by atoms with E-state index in [2.05, 4.69) is 81.5 Å². The average molecular weight is 1220 g/mol. The number of hydrogen-bond donors (Lipinski definition) is 3. The third kappa shape index (κ3) is 51.6. The minimum Gasteiger partial charge on any atom is -0.479 e. The Bertz CT molecular complexity index is 1790. The fraction of sp³-hybridized carbons (Fsp3) is 0.787. The van der Waals surface area contributed by atoms with Crippen LogP contribution >= 0.6 is 0 Å². The molecule has 1 heterocycles. The van der Waals surface area contributed by atoms with E-state index in [1.54, 1.807) is 0 Å². The van der Waals surface area contributed by atoms with Gasteiger partial charge in [0.15, 0.2) is 24.6 Å². The normalized spacial score (nSPS) is 17.7. The van der Waals surface area contributed by atoms with Crippen LogP contribution in [0, 0.1) is 0 Å². The Morgan fingerprint density at radius 3 is 1.08 bits per heavy atom. The first-order valence-electron chi connectivity index (χ1n) is 35.9. The summed E-state index contributed by atoms with van der Waals surface area (Å²) >= 11 is 0. The van der Waals surface area contributed by atoms with Crippen LogP contribution in [0.1, 0.15) is 329 Å². The lowest BCUT2D eigenvalue weighted by atomic mass is 9.98. The molecule has 1 aliphatic heterocycles. The van der Waals surface area contributed by atoms with Gasteiger partial charge >= 0.3 is 23.9 Å². The van der Waals surface area contributed by atoms with E-state index in [0.29, 0.717) is 19.3 Å². The molecule has 502 valence electrons. The van der Waals surface area contributed by atoms with Gasteiger partial charge in [-0.25, -0.2) is 4.79 Å². The summed E-state index contributed by atoms with van der Waals surface area (Å²) in [6, 6.07) is 0. The summed E-state index contributed by atoms with van der Waals surface area (Å²) in [7, 11) is 0. The zero-order valence-electron chi connectivity index (χ0n) is 55.8. The minimum absolute atomic E-state index is 0.0570. The van der Waals surface area contributed by atoms with Gasteiger partial charge in [0.25, 0.3) is 0 Å². The molecule has 0 amide bonds. The van der Waals surface area contributed by atoms with Gasteiger partial charge in [-0.1, -0.05) is 325 Å². The maximum atomic E-state index is 13.3. The van der Waals surface area contributed by atoms with Crippen molar-refractivity contribution in [2.75, 3.05) is 13.2 Å². The molecule has 3 N–H and O–H groups in total. The second-order valence-electron chi connectivity index (χ2n) is 24.5. The number of allylic oxidation sites excluding steroid dienone is 12. The van der Waals surface area contributed by atoms with Crippen molar-refractivity contribution in [2.45, 2.75) is 366 Å². The van der Waals surface area contributed by atoms with Gasteiger partial charge in [0.1, 0.15) is 18.8 Å². The molecule has 1 fully saturated rings. The van der Waals surface area contributed by atoms with Crippen LogP contribution in [0.2, 0.25) is 0 Å². The molecular weight excluding hydrogens is 1090 g/mol. The Labute approximate surface area is 531 Å². The fourth-order valence-corrected chi connectivity index (χ4v) is 10.9. The number of aliphatic hydroxyl groups is 2. The van der Waals surface area contributed by atoms with Crippen molar-refractivity contribution < 1.29 is 58.2 Å². The van der Waals surface area contributed by atoms with E-state index in [1.807, 2.05) is 12.2 Å². The number of carbonyl (C=O) groups excluding carboxylic acids is 3. The second kappa shape index (κ2) is 62.4. The number of carboxylic acids is 1. The summed E-state index contributed by atoms with van der Waals surface area (Å²) in [6.45, 7) is 5.89. The van der Waals surface area contributed by atoms with Crippen LogP contribution in [0.15, 0.2) is 72.9 Å². The summed E-state index contributed by atoms with van der Waals surface area (Å²) in [5.41, 5.74) is 0. The number of rotatable bonds is 62. The zero-order chi connectivity index (χ0) is 63.1. The van der Waals surface area contributed by atoms with Gasteiger partial charge in [-0.15, -0.1) is 0 Å². The van der Waals surface area contributed by atoms with Crippen molar-refractivity contribution in [1.29, 1.82) is 0 Å². The number of carbonyl (C=O) groups is 4. The first-order chi connectivity index (χ1) is 42.6. The number of aliphatic carboxylic acids is 1. The van der Waals surface area contributed by atoms with Crippen LogP contribution in [0.3, 0.4) is 0 Å². The predicted octanol–water partition coefficient (Wildman–Crippen LogP) is 20.0. The van der Waals surface area contributed by atoms with Crippen molar-refractivity contribution in [2.24, 2.45) is 0 Å². The van der Waals surface area contributed by atoms with E-state index in [0.717, 1.165) is 83.5 Å². The molecule has 0 aromatic heterocycles. The lowest BCUT2D eigenvalue weighted by molar-refractivity contribution is -0.301. The monoisotopic (exact) mass is 1220 g/mol. The smallest absolute Gasteiger partial charge is 0.335 e. The molecule has 0 aliphatic carbocycles. The van der Waals surface area contributed by atoms with Crippen LogP contribution in [0.25, 0.3) is 0 Å². The van der Waals surface area contributed by atoms with Crippen molar-refractivity contribution in [3.05, 3.63) is 72.9 Å². The third-order valence-corrected chi connectivity index (χ3v) is 16.3. The molecule has 87 heavy (non-hydrogen) atoms. The van der Waals surface area contributed by atoms with Crippen molar-refractivity contribution in [1.82, 2.24) is 0 Å². The summed E-state index contributed by atoms with van der Waals surface area (Å²) in [5, 5.41) is 31.7. The molecule has 12 heteroatoms. The fourth-order valence-electron chi connectivity index (χ4n) is 10.9. The summed E-state index contributed by atoms with van der Waals surface area (Å²) < 4.78 is 28.6. The molecule has 6 unspecified atom stereocenters. The predicted molar refractivity (Wildman–Crippen MR) is 358 cm³/mol. The molecule has 0 aromatic carbocycles. The summed E-state index contributed by atoms with van der Waals surface area (Å²) in [5.74, 6) is -3.20. The highest BCUT2D eigenvalue weighted by Gasteiger charge is 2.50. The highest BCUT2D eigenvalue weighted by atomic mass is 16.7. The molecule has 0 spiro atoms. The average Bonchev–Trinajstić information content (AvgIpc) is 2.56. The van der Waals surface area contributed by atoms with E-state index in [9.17, 15) is 34.5 Å².